The molecule has 100 valence electrons. The van der Waals surface area contributed by atoms with Gasteiger partial charge in [-0.1, -0.05) is 26.7 Å². The van der Waals surface area contributed by atoms with E-state index in [-0.39, 0.29) is 11.9 Å². The zero-order valence-electron chi connectivity index (χ0n) is 11.8. The van der Waals surface area contributed by atoms with Gasteiger partial charge >= 0.3 is 0 Å². The third kappa shape index (κ3) is 5.07. The van der Waals surface area contributed by atoms with E-state index in [9.17, 15) is 4.79 Å². The molecule has 1 rings (SSSR count). The van der Waals surface area contributed by atoms with Crippen molar-refractivity contribution in [3.63, 3.8) is 0 Å². The predicted octanol–water partition coefficient (Wildman–Crippen LogP) is 2.32. The minimum atomic E-state index is 0.121. The molecular weight excluding hydrogens is 212 g/mol. The number of amides is 1. The van der Waals surface area contributed by atoms with E-state index in [1.807, 2.05) is 0 Å². The fourth-order valence-electron chi connectivity index (χ4n) is 2.35. The van der Waals surface area contributed by atoms with Crippen molar-refractivity contribution in [2.45, 2.75) is 65.5 Å². The summed E-state index contributed by atoms with van der Waals surface area (Å²) in [7, 11) is 0. The van der Waals surface area contributed by atoms with Crippen LogP contribution < -0.4 is 10.6 Å². The van der Waals surface area contributed by atoms with E-state index in [1.54, 1.807) is 0 Å². The lowest BCUT2D eigenvalue weighted by Crippen LogP contribution is -2.44. The minimum Gasteiger partial charge on any atom is -0.352 e. The summed E-state index contributed by atoms with van der Waals surface area (Å²) >= 11 is 0. The van der Waals surface area contributed by atoms with Crippen molar-refractivity contribution in [3.05, 3.63) is 0 Å². The van der Waals surface area contributed by atoms with Crippen LogP contribution in [0.15, 0.2) is 0 Å². The van der Waals surface area contributed by atoms with Gasteiger partial charge in [-0.05, 0) is 38.5 Å². The van der Waals surface area contributed by atoms with Gasteiger partial charge in [0.1, 0.15) is 0 Å². The molecule has 1 fully saturated rings. The van der Waals surface area contributed by atoms with Gasteiger partial charge in [0.15, 0.2) is 0 Å². The normalized spacial score (nSPS) is 20.5. The lowest BCUT2D eigenvalue weighted by atomic mass is 10.00. The zero-order chi connectivity index (χ0) is 12.8. The predicted molar refractivity (Wildman–Crippen MR) is 71.9 cm³/mol. The summed E-state index contributed by atoms with van der Waals surface area (Å²) < 4.78 is 0. The molecule has 0 aromatic heterocycles. The SMILES string of the molecule is CC(C)C(C)NC(=O)CN[C@@H](C)C1CCCC1. The summed E-state index contributed by atoms with van der Waals surface area (Å²) in [6.45, 7) is 8.96. The highest BCUT2D eigenvalue weighted by Crippen LogP contribution is 2.27. The smallest absolute Gasteiger partial charge is 0.234 e. The Kier molecular flexibility index (Phi) is 5.96. The van der Waals surface area contributed by atoms with Crippen LogP contribution >= 0.6 is 0 Å². The van der Waals surface area contributed by atoms with E-state index < -0.39 is 0 Å². The Morgan fingerprint density at radius 1 is 1.18 bits per heavy atom. The van der Waals surface area contributed by atoms with Crippen LogP contribution in [0.25, 0.3) is 0 Å². The van der Waals surface area contributed by atoms with Crippen LogP contribution in [0.5, 0.6) is 0 Å². The molecule has 1 unspecified atom stereocenters. The molecule has 0 bridgehead atoms. The summed E-state index contributed by atoms with van der Waals surface area (Å²) in [5.74, 6) is 1.38. The van der Waals surface area contributed by atoms with Crippen molar-refractivity contribution in [1.82, 2.24) is 10.6 Å². The number of carbonyl (C=O) groups is 1. The Balaban J connectivity index is 2.18. The van der Waals surface area contributed by atoms with Crippen LogP contribution in [-0.2, 0) is 4.79 Å². The van der Waals surface area contributed by atoms with Gasteiger partial charge in [-0.25, -0.2) is 0 Å². The number of hydrogen-bond acceptors (Lipinski definition) is 2. The highest BCUT2D eigenvalue weighted by Gasteiger charge is 2.21. The second-order valence-corrected chi connectivity index (χ2v) is 5.81. The standard InChI is InChI=1S/C14H28N2O/c1-10(2)11(3)16-14(17)9-15-12(4)13-7-5-6-8-13/h10-13,15H,5-9H2,1-4H3,(H,16,17)/t11?,12-/m0/s1. The molecule has 2 atom stereocenters. The average Bonchev–Trinajstić information content (AvgIpc) is 2.79. The van der Waals surface area contributed by atoms with Crippen LogP contribution in [0, 0.1) is 11.8 Å². The van der Waals surface area contributed by atoms with E-state index in [0.717, 1.165) is 5.92 Å². The van der Waals surface area contributed by atoms with E-state index >= 15 is 0 Å². The fourth-order valence-corrected chi connectivity index (χ4v) is 2.35. The van der Waals surface area contributed by atoms with Crippen molar-refractivity contribution in [3.8, 4) is 0 Å². The number of nitrogens with one attached hydrogen (secondary N) is 2. The fraction of sp³-hybridized carbons (Fsp3) is 0.929. The van der Waals surface area contributed by atoms with Crippen LogP contribution in [0.2, 0.25) is 0 Å². The number of carbonyl (C=O) groups excluding carboxylic acids is 1. The minimum absolute atomic E-state index is 0.121. The molecule has 1 saturated carbocycles. The summed E-state index contributed by atoms with van der Waals surface area (Å²) in [4.78, 5) is 11.7. The molecule has 0 aliphatic heterocycles. The lowest BCUT2D eigenvalue weighted by molar-refractivity contribution is -0.121. The summed E-state index contributed by atoms with van der Waals surface area (Å²) in [6.07, 6.45) is 5.34. The van der Waals surface area contributed by atoms with E-state index in [0.29, 0.717) is 18.5 Å². The zero-order valence-corrected chi connectivity index (χ0v) is 11.8. The van der Waals surface area contributed by atoms with Gasteiger partial charge < -0.3 is 10.6 Å². The van der Waals surface area contributed by atoms with Crippen molar-refractivity contribution >= 4 is 5.91 Å². The van der Waals surface area contributed by atoms with Crippen molar-refractivity contribution in [2.24, 2.45) is 11.8 Å². The first-order valence-corrected chi connectivity index (χ1v) is 7.03. The molecule has 0 aromatic carbocycles. The van der Waals surface area contributed by atoms with Crippen molar-refractivity contribution < 1.29 is 4.79 Å². The highest BCUT2D eigenvalue weighted by atomic mass is 16.1. The van der Waals surface area contributed by atoms with Gasteiger partial charge in [-0.3, -0.25) is 4.79 Å². The molecule has 3 nitrogen and oxygen atoms in total. The van der Waals surface area contributed by atoms with E-state index in [1.165, 1.54) is 25.7 Å². The maximum absolute atomic E-state index is 11.7. The average molecular weight is 240 g/mol. The Morgan fingerprint density at radius 2 is 1.76 bits per heavy atom. The molecule has 1 aliphatic rings. The van der Waals surface area contributed by atoms with Gasteiger partial charge in [0.25, 0.3) is 0 Å². The third-order valence-electron chi connectivity index (χ3n) is 4.08. The van der Waals surface area contributed by atoms with Crippen LogP contribution in [-0.4, -0.2) is 24.5 Å². The van der Waals surface area contributed by atoms with Crippen LogP contribution in [0.3, 0.4) is 0 Å². The molecule has 1 aliphatic carbocycles. The van der Waals surface area contributed by atoms with Gasteiger partial charge in [-0.2, -0.15) is 0 Å². The number of rotatable bonds is 6. The van der Waals surface area contributed by atoms with E-state index in [2.05, 4.69) is 38.3 Å². The molecule has 0 aromatic rings. The van der Waals surface area contributed by atoms with Crippen LogP contribution in [0.4, 0.5) is 0 Å². The molecule has 0 radical (unpaired) electrons. The second kappa shape index (κ2) is 7.00. The first kappa shape index (κ1) is 14.5. The molecule has 0 heterocycles. The Labute approximate surface area is 106 Å². The molecule has 3 heteroatoms. The van der Waals surface area contributed by atoms with Crippen LogP contribution in [0.1, 0.15) is 53.4 Å². The highest BCUT2D eigenvalue weighted by molar-refractivity contribution is 5.78. The quantitative estimate of drug-likeness (QED) is 0.748. The molecular formula is C14H28N2O. The van der Waals surface area contributed by atoms with Gasteiger partial charge in [-0.15, -0.1) is 0 Å². The molecule has 2 N–H and O–H groups in total. The summed E-state index contributed by atoms with van der Waals surface area (Å²) in [5.41, 5.74) is 0. The Hall–Kier alpha value is -0.570. The molecule has 0 spiro atoms. The lowest BCUT2D eigenvalue weighted by Gasteiger charge is -2.22. The second-order valence-electron chi connectivity index (χ2n) is 5.81. The first-order valence-electron chi connectivity index (χ1n) is 7.03. The first-order chi connectivity index (χ1) is 8.00. The maximum Gasteiger partial charge on any atom is 0.234 e. The largest absolute Gasteiger partial charge is 0.352 e. The Morgan fingerprint density at radius 3 is 2.29 bits per heavy atom. The monoisotopic (exact) mass is 240 g/mol. The van der Waals surface area contributed by atoms with Gasteiger partial charge in [0, 0.05) is 12.1 Å². The summed E-state index contributed by atoms with van der Waals surface area (Å²) in [6, 6.07) is 0.726. The molecule has 1 amide bonds. The number of hydrogen-bond donors (Lipinski definition) is 2. The maximum atomic E-state index is 11.7. The summed E-state index contributed by atoms with van der Waals surface area (Å²) in [5, 5.41) is 6.38. The topological polar surface area (TPSA) is 41.1 Å². The van der Waals surface area contributed by atoms with E-state index in [4.69, 9.17) is 0 Å². The van der Waals surface area contributed by atoms with Crippen molar-refractivity contribution in [1.29, 1.82) is 0 Å². The van der Waals surface area contributed by atoms with Gasteiger partial charge in [0.2, 0.25) is 5.91 Å². The van der Waals surface area contributed by atoms with Crippen molar-refractivity contribution in [2.75, 3.05) is 6.54 Å². The Bertz CT molecular complexity index is 234. The van der Waals surface area contributed by atoms with Gasteiger partial charge in [0.05, 0.1) is 6.54 Å². The molecule has 17 heavy (non-hydrogen) atoms. The molecule has 0 saturated heterocycles. The third-order valence-corrected chi connectivity index (χ3v) is 4.08.